The van der Waals surface area contributed by atoms with Crippen molar-refractivity contribution < 1.29 is 21.9 Å². The number of benzene rings is 1. The molecule has 15 heavy (non-hydrogen) atoms. The van der Waals surface area contributed by atoms with Gasteiger partial charge in [-0.05, 0) is 26.0 Å². The second kappa shape index (κ2) is 4.50. The zero-order chi connectivity index (χ0) is 11.5. The van der Waals surface area contributed by atoms with E-state index in [9.17, 15) is 8.42 Å². The highest BCUT2D eigenvalue weighted by Crippen LogP contribution is 2.28. The maximum Gasteiger partial charge on any atom is 0.446 e. The Bertz CT molecular complexity index is 424. The van der Waals surface area contributed by atoms with Gasteiger partial charge in [-0.1, -0.05) is 12.1 Å². The molecule has 0 aliphatic rings. The van der Waals surface area contributed by atoms with Crippen molar-refractivity contribution in [3.8, 4) is 11.5 Å². The number of hydrogen-bond donors (Lipinski definition) is 1. The molecule has 0 aromatic heterocycles. The van der Waals surface area contributed by atoms with E-state index < -0.39 is 10.4 Å². The van der Waals surface area contributed by atoms with E-state index in [2.05, 4.69) is 4.18 Å². The van der Waals surface area contributed by atoms with E-state index in [-0.39, 0.29) is 17.6 Å². The smallest absolute Gasteiger partial charge is 0.446 e. The Labute approximate surface area is 88.6 Å². The summed E-state index contributed by atoms with van der Waals surface area (Å²) >= 11 is 0. The molecule has 6 heteroatoms. The predicted molar refractivity (Wildman–Crippen MR) is 54.4 cm³/mol. The molecule has 0 radical (unpaired) electrons. The Hall–Kier alpha value is -1.27. The highest BCUT2D eigenvalue weighted by atomic mass is 32.3. The van der Waals surface area contributed by atoms with Crippen LogP contribution in [0.3, 0.4) is 0 Å². The van der Waals surface area contributed by atoms with Gasteiger partial charge in [-0.2, -0.15) is 8.42 Å². The fourth-order valence-corrected chi connectivity index (χ4v) is 1.35. The number of ether oxygens (including phenoxy) is 1. The zero-order valence-electron chi connectivity index (χ0n) is 8.38. The van der Waals surface area contributed by atoms with E-state index in [1.54, 1.807) is 32.0 Å². The van der Waals surface area contributed by atoms with Crippen LogP contribution in [0, 0.1) is 0 Å². The van der Waals surface area contributed by atoms with Crippen LogP contribution in [0.1, 0.15) is 13.8 Å². The van der Waals surface area contributed by atoms with Crippen LogP contribution in [-0.2, 0) is 10.4 Å². The second-order valence-corrected chi connectivity index (χ2v) is 4.15. The molecule has 0 unspecified atom stereocenters. The molecule has 0 aliphatic carbocycles. The van der Waals surface area contributed by atoms with Gasteiger partial charge in [0.1, 0.15) is 0 Å². The van der Waals surface area contributed by atoms with Gasteiger partial charge < -0.3 is 8.92 Å². The Kier molecular flexibility index (Phi) is 3.54. The van der Waals surface area contributed by atoms with Gasteiger partial charge in [-0.15, -0.1) is 0 Å². The molecule has 0 saturated carbocycles. The maximum absolute atomic E-state index is 10.5. The molecule has 0 heterocycles. The van der Waals surface area contributed by atoms with Gasteiger partial charge in [0.2, 0.25) is 0 Å². The normalized spacial score (nSPS) is 11.5. The average molecular weight is 232 g/mol. The largest absolute Gasteiger partial charge is 0.487 e. The lowest BCUT2D eigenvalue weighted by Gasteiger charge is -2.12. The van der Waals surface area contributed by atoms with Gasteiger partial charge in [0.05, 0.1) is 6.10 Å². The summed E-state index contributed by atoms with van der Waals surface area (Å²) in [6.45, 7) is 3.59. The van der Waals surface area contributed by atoms with Gasteiger partial charge in [0, 0.05) is 0 Å². The van der Waals surface area contributed by atoms with Gasteiger partial charge in [0.15, 0.2) is 11.5 Å². The minimum absolute atomic E-state index is 0.0336. The molecule has 84 valence electrons. The molecule has 1 rings (SSSR count). The molecule has 0 spiro atoms. The highest BCUT2D eigenvalue weighted by molar-refractivity contribution is 7.81. The molecule has 1 aromatic carbocycles. The third-order valence-corrected chi connectivity index (χ3v) is 1.80. The third-order valence-electron chi connectivity index (χ3n) is 1.41. The SMILES string of the molecule is CC(C)Oc1ccccc1OS(=O)(=O)O. The van der Waals surface area contributed by atoms with Crippen LogP contribution in [-0.4, -0.2) is 19.1 Å². The summed E-state index contributed by atoms with van der Waals surface area (Å²) in [7, 11) is -4.52. The van der Waals surface area contributed by atoms with Crippen LogP contribution >= 0.6 is 0 Å². The topological polar surface area (TPSA) is 72.8 Å². The molecule has 0 amide bonds. The molecule has 0 aliphatic heterocycles. The summed E-state index contributed by atoms with van der Waals surface area (Å²) in [4.78, 5) is 0. The van der Waals surface area contributed by atoms with Gasteiger partial charge in [0.25, 0.3) is 0 Å². The van der Waals surface area contributed by atoms with E-state index in [0.29, 0.717) is 0 Å². The lowest BCUT2D eigenvalue weighted by molar-refractivity contribution is 0.234. The van der Waals surface area contributed by atoms with E-state index in [4.69, 9.17) is 9.29 Å². The highest BCUT2D eigenvalue weighted by Gasteiger charge is 2.12. The first-order chi connectivity index (χ1) is 6.88. The maximum atomic E-state index is 10.5. The molecule has 0 atom stereocenters. The number of hydrogen-bond acceptors (Lipinski definition) is 4. The Morgan fingerprint density at radius 3 is 2.20 bits per heavy atom. The van der Waals surface area contributed by atoms with Gasteiger partial charge in [-0.3, -0.25) is 4.55 Å². The molecule has 0 bridgehead atoms. The summed E-state index contributed by atoms with van der Waals surface area (Å²) in [5, 5.41) is 0. The first kappa shape index (κ1) is 11.8. The number of rotatable bonds is 4. The van der Waals surface area contributed by atoms with E-state index >= 15 is 0 Å². The first-order valence-electron chi connectivity index (χ1n) is 4.31. The van der Waals surface area contributed by atoms with Crippen molar-refractivity contribution >= 4 is 10.4 Å². The molecular weight excluding hydrogens is 220 g/mol. The van der Waals surface area contributed by atoms with Crippen LogP contribution in [0.5, 0.6) is 11.5 Å². The second-order valence-electron chi connectivity index (χ2n) is 3.12. The van der Waals surface area contributed by atoms with Crippen molar-refractivity contribution in [1.29, 1.82) is 0 Å². The fraction of sp³-hybridized carbons (Fsp3) is 0.333. The summed E-state index contributed by atoms with van der Waals surface area (Å²) in [5.74, 6) is 0.235. The molecule has 5 nitrogen and oxygen atoms in total. The minimum atomic E-state index is -4.52. The van der Waals surface area contributed by atoms with Crippen molar-refractivity contribution in [2.75, 3.05) is 0 Å². The molecule has 1 N–H and O–H groups in total. The Morgan fingerprint density at radius 2 is 1.73 bits per heavy atom. The third kappa shape index (κ3) is 4.18. The van der Waals surface area contributed by atoms with Crippen molar-refractivity contribution in [2.45, 2.75) is 20.0 Å². The van der Waals surface area contributed by atoms with Crippen LogP contribution < -0.4 is 8.92 Å². The molecular formula is C9H12O5S. The van der Waals surface area contributed by atoms with Crippen LogP contribution in [0.4, 0.5) is 0 Å². The van der Waals surface area contributed by atoms with Crippen LogP contribution in [0.2, 0.25) is 0 Å². The monoisotopic (exact) mass is 232 g/mol. The fourth-order valence-electron chi connectivity index (χ4n) is 0.984. The standard InChI is InChI=1S/C9H12O5S/c1-7(2)13-8-5-3-4-6-9(8)14-15(10,11)12/h3-7H,1-2H3,(H,10,11,12). The van der Waals surface area contributed by atoms with Gasteiger partial charge >= 0.3 is 10.4 Å². The summed E-state index contributed by atoms with van der Waals surface area (Å²) in [6, 6.07) is 6.20. The predicted octanol–water partition coefficient (Wildman–Crippen LogP) is 1.66. The Morgan fingerprint density at radius 1 is 1.20 bits per heavy atom. The van der Waals surface area contributed by atoms with E-state index in [1.165, 1.54) is 6.07 Å². The summed E-state index contributed by atoms with van der Waals surface area (Å²) < 4.78 is 39.2. The van der Waals surface area contributed by atoms with Gasteiger partial charge in [-0.25, -0.2) is 0 Å². The quantitative estimate of drug-likeness (QED) is 0.799. The Balaban J connectivity index is 2.96. The molecule has 1 aromatic rings. The molecule has 0 fully saturated rings. The lowest BCUT2D eigenvalue weighted by atomic mass is 10.3. The number of para-hydroxylation sites is 2. The molecule has 0 saturated heterocycles. The minimum Gasteiger partial charge on any atom is -0.487 e. The van der Waals surface area contributed by atoms with E-state index in [1.807, 2.05) is 0 Å². The van der Waals surface area contributed by atoms with Crippen LogP contribution in [0.15, 0.2) is 24.3 Å². The zero-order valence-corrected chi connectivity index (χ0v) is 9.19. The summed E-state index contributed by atoms with van der Waals surface area (Å²) in [6.07, 6.45) is -0.115. The van der Waals surface area contributed by atoms with E-state index in [0.717, 1.165) is 0 Å². The average Bonchev–Trinajstić information content (AvgIpc) is 2.05. The van der Waals surface area contributed by atoms with Crippen molar-refractivity contribution in [3.05, 3.63) is 24.3 Å². The van der Waals surface area contributed by atoms with Crippen molar-refractivity contribution in [2.24, 2.45) is 0 Å². The van der Waals surface area contributed by atoms with Crippen LogP contribution in [0.25, 0.3) is 0 Å². The van der Waals surface area contributed by atoms with Crippen molar-refractivity contribution in [1.82, 2.24) is 0 Å². The first-order valence-corrected chi connectivity index (χ1v) is 5.67. The van der Waals surface area contributed by atoms with Crippen molar-refractivity contribution in [3.63, 3.8) is 0 Å². The summed E-state index contributed by atoms with van der Waals surface area (Å²) in [5.41, 5.74) is 0. The lowest BCUT2D eigenvalue weighted by Crippen LogP contribution is -2.10.